The van der Waals surface area contributed by atoms with Crippen molar-refractivity contribution in [2.24, 2.45) is 0 Å². The predicted molar refractivity (Wildman–Crippen MR) is 80.8 cm³/mol. The maximum absolute atomic E-state index is 12.3. The molecule has 0 bridgehead atoms. The topological polar surface area (TPSA) is 61.4 Å². The first-order chi connectivity index (χ1) is 10.7. The minimum Gasteiger partial charge on any atom is -0.334 e. The fourth-order valence-corrected chi connectivity index (χ4v) is 1.96. The van der Waals surface area contributed by atoms with Crippen LogP contribution >= 0.6 is 0 Å². The molecule has 0 aliphatic heterocycles. The van der Waals surface area contributed by atoms with Gasteiger partial charge in [0.1, 0.15) is 0 Å². The monoisotopic (exact) mass is 331 g/mol. The SMILES string of the molecule is CNCCCC(=O)Nc1cccc(CN(C)C(=O)C(F)(F)F)c1. The van der Waals surface area contributed by atoms with E-state index in [1.807, 2.05) is 0 Å². The Kier molecular flexibility index (Phi) is 7.02. The number of alkyl halides is 3. The van der Waals surface area contributed by atoms with Gasteiger partial charge in [-0.25, -0.2) is 0 Å². The fraction of sp³-hybridized carbons (Fsp3) is 0.467. The van der Waals surface area contributed by atoms with Crippen LogP contribution < -0.4 is 10.6 Å². The van der Waals surface area contributed by atoms with Crippen molar-refractivity contribution < 1.29 is 22.8 Å². The summed E-state index contributed by atoms with van der Waals surface area (Å²) >= 11 is 0. The van der Waals surface area contributed by atoms with Crippen molar-refractivity contribution in [2.75, 3.05) is 26.0 Å². The summed E-state index contributed by atoms with van der Waals surface area (Å²) in [7, 11) is 2.87. The molecule has 1 aromatic carbocycles. The molecular weight excluding hydrogens is 311 g/mol. The first kappa shape index (κ1) is 19.0. The minimum atomic E-state index is -4.89. The van der Waals surface area contributed by atoms with Crippen LogP contribution in [0.2, 0.25) is 0 Å². The molecule has 128 valence electrons. The molecule has 8 heteroatoms. The molecule has 0 saturated heterocycles. The molecule has 5 nitrogen and oxygen atoms in total. The molecule has 0 aromatic heterocycles. The van der Waals surface area contributed by atoms with Crippen LogP contribution in [0.25, 0.3) is 0 Å². The van der Waals surface area contributed by atoms with Gasteiger partial charge in [-0.1, -0.05) is 12.1 Å². The molecule has 0 spiro atoms. The maximum Gasteiger partial charge on any atom is 0.471 e. The predicted octanol–water partition coefficient (Wildman–Crippen LogP) is 2.15. The highest BCUT2D eigenvalue weighted by atomic mass is 19.4. The number of nitrogens with zero attached hydrogens (tertiary/aromatic N) is 1. The van der Waals surface area contributed by atoms with Gasteiger partial charge in [-0.05, 0) is 37.7 Å². The second kappa shape index (κ2) is 8.52. The highest BCUT2D eigenvalue weighted by Gasteiger charge is 2.41. The molecular formula is C15H20F3N3O2. The van der Waals surface area contributed by atoms with Crippen molar-refractivity contribution >= 4 is 17.5 Å². The number of benzene rings is 1. The third kappa shape index (κ3) is 6.68. The van der Waals surface area contributed by atoms with Gasteiger partial charge in [-0.2, -0.15) is 13.2 Å². The number of halogens is 3. The van der Waals surface area contributed by atoms with Gasteiger partial charge in [0.15, 0.2) is 0 Å². The molecule has 0 aliphatic carbocycles. The highest BCUT2D eigenvalue weighted by molar-refractivity contribution is 5.90. The van der Waals surface area contributed by atoms with Crippen LogP contribution in [0.5, 0.6) is 0 Å². The van der Waals surface area contributed by atoms with Gasteiger partial charge in [0, 0.05) is 25.7 Å². The molecule has 0 radical (unpaired) electrons. The van der Waals surface area contributed by atoms with Gasteiger partial charge >= 0.3 is 12.1 Å². The molecule has 1 aromatic rings. The molecule has 0 aliphatic rings. The Morgan fingerprint density at radius 1 is 1.26 bits per heavy atom. The van der Waals surface area contributed by atoms with Crippen LogP contribution in [0.1, 0.15) is 18.4 Å². The lowest BCUT2D eigenvalue weighted by Crippen LogP contribution is -2.37. The Bertz CT molecular complexity index is 547. The van der Waals surface area contributed by atoms with Crippen molar-refractivity contribution in [1.82, 2.24) is 10.2 Å². The van der Waals surface area contributed by atoms with Crippen molar-refractivity contribution in [3.05, 3.63) is 29.8 Å². The summed E-state index contributed by atoms with van der Waals surface area (Å²) in [5.74, 6) is -2.07. The molecule has 0 atom stereocenters. The van der Waals surface area contributed by atoms with Crippen molar-refractivity contribution in [3.8, 4) is 0 Å². The second-order valence-corrected chi connectivity index (χ2v) is 5.11. The minimum absolute atomic E-state index is 0.169. The van der Waals surface area contributed by atoms with E-state index >= 15 is 0 Å². The van der Waals surface area contributed by atoms with Crippen LogP contribution in [0.15, 0.2) is 24.3 Å². The molecule has 0 heterocycles. The smallest absolute Gasteiger partial charge is 0.334 e. The van der Waals surface area contributed by atoms with Crippen LogP contribution in [-0.2, 0) is 16.1 Å². The Morgan fingerprint density at radius 2 is 1.96 bits per heavy atom. The Balaban J connectivity index is 2.63. The zero-order valence-electron chi connectivity index (χ0n) is 13.0. The van der Waals surface area contributed by atoms with Gasteiger partial charge in [0.25, 0.3) is 0 Å². The van der Waals surface area contributed by atoms with E-state index in [0.717, 1.165) is 13.6 Å². The number of hydrogen-bond donors (Lipinski definition) is 2. The molecule has 2 amide bonds. The van der Waals surface area contributed by atoms with E-state index in [-0.39, 0.29) is 12.5 Å². The summed E-state index contributed by atoms with van der Waals surface area (Å²) in [6, 6.07) is 6.41. The number of nitrogens with one attached hydrogen (secondary N) is 2. The Hall–Kier alpha value is -2.09. The second-order valence-electron chi connectivity index (χ2n) is 5.11. The maximum atomic E-state index is 12.3. The normalized spacial score (nSPS) is 11.2. The number of carbonyl (C=O) groups excluding carboxylic acids is 2. The zero-order chi connectivity index (χ0) is 17.5. The fourth-order valence-electron chi connectivity index (χ4n) is 1.96. The largest absolute Gasteiger partial charge is 0.471 e. The highest BCUT2D eigenvalue weighted by Crippen LogP contribution is 2.20. The molecule has 2 N–H and O–H groups in total. The van der Waals surface area contributed by atoms with E-state index in [2.05, 4.69) is 10.6 Å². The first-order valence-corrected chi connectivity index (χ1v) is 7.09. The van der Waals surface area contributed by atoms with Gasteiger partial charge < -0.3 is 15.5 Å². The lowest BCUT2D eigenvalue weighted by Gasteiger charge is -2.19. The van der Waals surface area contributed by atoms with E-state index in [1.165, 1.54) is 0 Å². The number of hydrogen-bond acceptors (Lipinski definition) is 3. The number of carbonyl (C=O) groups is 2. The van der Waals surface area contributed by atoms with Crippen molar-refractivity contribution in [1.29, 1.82) is 0 Å². The quantitative estimate of drug-likeness (QED) is 0.753. The summed E-state index contributed by atoms with van der Waals surface area (Å²) in [4.78, 5) is 23.4. The Morgan fingerprint density at radius 3 is 2.57 bits per heavy atom. The van der Waals surface area contributed by atoms with Gasteiger partial charge in [0.2, 0.25) is 5.91 Å². The third-order valence-corrected chi connectivity index (χ3v) is 3.05. The lowest BCUT2D eigenvalue weighted by atomic mass is 10.2. The van der Waals surface area contributed by atoms with Crippen molar-refractivity contribution in [2.45, 2.75) is 25.6 Å². The molecule has 23 heavy (non-hydrogen) atoms. The summed E-state index contributed by atoms with van der Waals surface area (Å²) in [6.07, 6.45) is -3.86. The summed E-state index contributed by atoms with van der Waals surface area (Å²) in [6.45, 7) is 0.527. The van der Waals surface area contributed by atoms with Crippen LogP contribution in [-0.4, -0.2) is 43.5 Å². The van der Waals surface area contributed by atoms with E-state index in [0.29, 0.717) is 29.0 Å². The Labute approximate surface area is 132 Å². The average Bonchev–Trinajstić information content (AvgIpc) is 2.46. The number of amides is 2. The number of rotatable bonds is 7. The van der Waals surface area contributed by atoms with Crippen molar-refractivity contribution in [3.63, 3.8) is 0 Å². The molecule has 0 unspecified atom stereocenters. The van der Waals surface area contributed by atoms with Gasteiger partial charge in [-0.3, -0.25) is 9.59 Å². The van der Waals surface area contributed by atoms with Crippen LogP contribution in [0.4, 0.5) is 18.9 Å². The summed E-state index contributed by atoms with van der Waals surface area (Å²) in [5, 5.41) is 5.61. The van der Waals surface area contributed by atoms with E-state index in [4.69, 9.17) is 0 Å². The molecule has 1 rings (SSSR count). The standard InChI is InChI=1S/C15H20F3N3O2/c1-19-8-4-7-13(22)20-12-6-3-5-11(9-12)10-21(2)14(23)15(16,17)18/h3,5-6,9,19H,4,7-8,10H2,1-2H3,(H,20,22). The third-order valence-electron chi connectivity index (χ3n) is 3.05. The van der Waals surface area contributed by atoms with E-state index in [9.17, 15) is 22.8 Å². The van der Waals surface area contributed by atoms with Crippen LogP contribution in [0, 0.1) is 0 Å². The van der Waals surface area contributed by atoms with Gasteiger partial charge in [-0.15, -0.1) is 0 Å². The zero-order valence-corrected chi connectivity index (χ0v) is 13.0. The summed E-state index contributed by atoms with van der Waals surface area (Å²) in [5.41, 5.74) is 0.989. The lowest BCUT2D eigenvalue weighted by molar-refractivity contribution is -0.184. The molecule has 0 saturated carbocycles. The van der Waals surface area contributed by atoms with E-state index < -0.39 is 12.1 Å². The molecule has 0 fully saturated rings. The summed E-state index contributed by atoms with van der Waals surface area (Å²) < 4.78 is 37.0. The average molecular weight is 331 g/mol. The number of anilines is 1. The first-order valence-electron chi connectivity index (χ1n) is 7.09. The van der Waals surface area contributed by atoms with Crippen LogP contribution in [0.3, 0.4) is 0 Å². The van der Waals surface area contributed by atoms with E-state index in [1.54, 1.807) is 31.3 Å². The van der Waals surface area contributed by atoms with Gasteiger partial charge in [0.05, 0.1) is 0 Å².